The van der Waals surface area contributed by atoms with Crippen LogP contribution in [0.4, 0.5) is 0 Å². The second-order valence-electron chi connectivity index (χ2n) is 4.76. The molecule has 2 nitrogen and oxygen atoms in total. The lowest BCUT2D eigenvalue weighted by Crippen LogP contribution is -2.28. The lowest BCUT2D eigenvalue weighted by molar-refractivity contribution is 0.0313. The molecule has 0 amide bonds. The molecule has 0 spiro atoms. The van der Waals surface area contributed by atoms with Gasteiger partial charge in [-0.3, -0.25) is 0 Å². The molecule has 14 heavy (non-hydrogen) atoms. The number of halogens is 1. The molecule has 0 aromatic rings. The minimum absolute atomic E-state index is 0.0351. The summed E-state index contributed by atoms with van der Waals surface area (Å²) < 4.78 is 5.95. The predicted molar refractivity (Wildman–Crippen MR) is 76.4 cm³/mol. The lowest BCUT2D eigenvalue weighted by Gasteiger charge is -2.18. The number of aliphatic hydroxyl groups excluding tert-OH is 1. The molecular formula is C9H19BIO2P. The smallest absolute Gasteiger partial charge is 0.140 e. The summed E-state index contributed by atoms with van der Waals surface area (Å²) >= 11 is 2.28. The van der Waals surface area contributed by atoms with Gasteiger partial charge in [0.2, 0.25) is 0 Å². The van der Waals surface area contributed by atoms with Crippen LogP contribution in [0.2, 0.25) is 0 Å². The SMILES string of the molecule is B[C@@H]1OC(CCP(=C)(C)C)[C@@H](O)[C@H]1I. The van der Waals surface area contributed by atoms with Crippen molar-refractivity contribution in [2.24, 2.45) is 0 Å². The van der Waals surface area contributed by atoms with Crippen LogP contribution in [0.25, 0.3) is 0 Å². The Morgan fingerprint density at radius 3 is 2.50 bits per heavy atom. The van der Waals surface area contributed by atoms with E-state index < -0.39 is 6.89 Å². The molecule has 0 aromatic heterocycles. The molecule has 82 valence electrons. The number of ether oxygens (including phenoxy) is 1. The van der Waals surface area contributed by atoms with E-state index in [4.69, 9.17) is 4.74 Å². The standard InChI is InChI=1S/C9H19BIO2P/c1-14(2,3)5-4-6-8(12)7(11)9(10)13-6/h6-9,12H,1,4-5,10H2,2-3H3/t6?,7-,8-,9-/m1/s1. The lowest BCUT2D eigenvalue weighted by atomic mass is 9.96. The van der Waals surface area contributed by atoms with Crippen LogP contribution >= 0.6 is 29.5 Å². The van der Waals surface area contributed by atoms with Crippen LogP contribution in [0.3, 0.4) is 0 Å². The number of aliphatic hydroxyl groups is 1. The van der Waals surface area contributed by atoms with E-state index >= 15 is 0 Å². The highest BCUT2D eigenvalue weighted by molar-refractivity contribution is 14.1. The fraction of sp³-hybridized carbons (Fsp3) is 0.889. The van der Waals surface area contributed by atoms with Gasteiger partial charge in [0.15, 0.2) is 0 Å². The van der Waals surface area contributed by atoms with Gasteiger partial charge in [-0.1, -0.05) is 22.6 Å². The maximum absolute atomic E-state index is 9.88. The molecule has 0 aromatic carbocycles. The first-order chi connectivity index (χ1) is 6.31. The molecule has 1 fully saturated rings. The first-order valence-corrected chi connectivity index (χ1v) is 9.26. The quantitative estimate of drug-likeness (QED) is 0.356. The van der Waals surface area contributed by atoms with Gasteiger partial charge in [0.1, 0.15) is 7.85 Å². The summed E-state index contributed by atoms with van der Waals surface area (Å²) in [6.07, 6.45) is 5.96. The molecule has 1 aliphatic rings. The maximum atomic E-state index is 9.88. The fourth-order valence-electron chi connectivity index (χ4n) is 1.63. The van der Waals surface area contributed by atoms with Crippen molar-refractivity contribution in [3.8, 4) is 0 Å². The Bertz CT molecular complexity index is 243. The van der Waals surface area contributed by atoms with E-state index in [1.54, 1.807) is 0 Å². The first kappa shape index (κ1) is 13.1. The van der Waals surface area contributed by atoms with Crippen LogP contribution in [0.5, 0.6) is 0 Å². The van der Waals surface area contributed by atoms with Crippen molar-refractivity contribution in [2.45, 2.75) is 28.6 Å². The van der Waals surface area contributed by atoms with Gasteiger partial charge in [0, 0.05) is 6.00 Å². The van der Waals surface area contributed by atoms with Crippen LogP contribution in [-0.2, 0) is 4.74 Å². The Kier molecular flexibility index (Phi) is 4.58. The van der Waals surface area contributed by atoms with Crippen LogP contribution < -0.4 is 0 Å². The van der Waals surface area contributed by atoms with Crippen molar-refractivity contribution in [3.63, 3.8) is 0 Å². The third kappa shape index (κ3) is 3.55. The molecule has 4 atom stereocenters. The monoisotopic (exact) mass is 328 g/mol. The number of hydrogen-bond donors (Lipinski definition) is 1. The van der Waals surface area contributed by atoms with E-state index in [1.165, 1.54) is 0 Å². The van der Waals surface area contributed by atoms with E-state index in [0.717, 1.165) is 12.6 Å². The zero-order valence-corrected chi connectivity index (χ0v) is 12.2. The van der Waals surface area contributed by atoms with Gasteiger partial charge in [0.25, 0.3) is 0 Å². The first-order valence-electron chi connectivity index (χ1n) is 4.96. The summed E-state index contributed by atoms with van der Waals surface area (Å²) in [4.78, 5) is 0. The predicted octanol–water partition coefficient (Wildman–Crippen LogP) is 0.608. The number of rotatable bonds is 3. The molecule has 1 saturated heterocycles. The largest absolute Gasteiger partial charge is 0.389 e. The van der Waals surface area contributed by atoms with Gasteiger partial charge in [0.05, 0.1) is 16.1 Å². The highest BCUT2D eigenvalue weighted by Crippen LogP contribution is 2.38. The molecule has 1 aliphatic heterocycles. The normalized spacial score (nSPS) is 38.9. The number of hydrogen-bond acceptors (Lipinski definition) is 2. The zero-order valence-electron chi connectivity index (χ0n) is 9.11. The third-order valence-electron chi connectivity index (χ3n) is 2.56. The second kappa shape index (κ2) is 4.90. The zero-order chi connectivity index (χ0) is 10.9. The van der Waals surface area contributed by atoms with Crippen LogP contribution in [0, 0.1) is 0 Å². The van der Waals surface area contributed by atoms with Crippen molar-refractivity contribution >= 4 is 43.6 Å². The number of alkyl halides is 1. The molecule has 1 heterocycles. The molecule has 0 aliphatic carbocycles. The van der Waals surface area contributed by atoms with Gasteiger partial charge in [-0.15, -0.1) is 13.2 Å². The van der Waals surface area contributed by atoms with Crippen molar-refractivity contribution < 1.29 is 9.84 Å². The Morgan fingerprint density at radius 2 is 2.14 bits per heavy atom. The summed E-state index contributed by atoms with van der Waals surface area (Å²) in [6, 6.07) is 0.182. The minimum Gasteiger partial charge on any atom is -0.389 e. The molecule has 0 radical (unpaired) electrons. The molecular weight excluding hydrogens is 309 g/mol. The molecule has 1 N–H and O–H groups in total. The summed E-state index contributed by atoms with van der Waals surface area (Å²) in [5.41, 5.74) is 0. The van der Waals surface area contributed by atoms with Gasteiger partial charge >= 0.3 is 0 Å². The van der Waals surface area contributed by atoms with Crippen LogP contribution in [-0.4, -0.2) is 60.9 Å². The summed E-state index contributed by atoms with van der Waals surface area (Å²) in [5, 5.41) is 9.88. The second-order valence-corrected chi connectivity index (χ2v) is 10.5. The van der Waals surface area contributed by atoms with Crippen molar-refractivity contribution in [1.82, 2.24) is 0 Å². The highest BCUT2D eigenvalue weighted by Gasteiger charge is 2.38. The van der Waals surface area contributed by atoms with E-state index in [1.807, 2.05) is 7.85 Å². The highest BCUT2D eigenvalue weighted by atomic mass is 127. The van der Waals surface area contributed by atoms with E-state index in [2.05, 4.69) is 42.2 Å². The fourth-order valence-corrected chi connectivity index (χ4v) is 3.22. The van der Waals surface area contributed by atoms with E-state index in [0.29, 0.717) is 0 Å². The van der Waals surface area contributed by atoms with E-state index in [-0.39, 0.29) is 22.1 Å². The van der Waals surface area contributed by atoms with Crippen molar-refractivity contribution in [1.29, 1.82) is 0 Å². The summed E-state index contributed by atoms with van der Waals surface area (Å²) in [5.74, 6) is 0. The Labute approximate surface area is 101 Å². The average Bonchev–Trinajstić information content (AvgIpc) is 2.28. The Morgan fingerprint density at radius 1 is 1.57 bits per heavy atom. The average molecular weight is 328 g/mol. The molecule has 0 saturated carbocycles. The summed E-state index contributed by atoms with van der Waals surface area (Å²) in [7, 11) is 2.03. The molecule has 1 unspecified atom stereocenters. The van der Waals surface area contributed by atoms with Gasteiger partial charge in [-0.25, -0.2) is 0 Å². The van der Waals surface area contributed by atoms with Crippen LogP contribution in [0.1, 0.15) is 6.42 Å². The summed E-state index contributed by atoms with van der Waals surface area (Å²) in [6.45, 7) is 3.47. The van der Waals surface area contributed by atoms with Crippen molar-refractivity contribution in [2.75, 3.05) is 19.5 Å². The van der Waals surface area contributed by atoms with Crippen molar-refractivity contribution in [3.05, 3.63) is 0 Å². The minimum atomic E-state index is -0.978. The van der Waals surface area contributed by atoms with Gasteiger partial charge in [-0.05, 0) is 25.9 Å². The van der Waals surface area contributed by atoms with E-state index in [9.17, 15) is 5.11 Å². The Hall–Kier alpha value is 1.01. The third-order valence-corrected chi connectivity index (χ3v) is 5.78. The Balaban J connectivity index is 2.44. The maximum Gasteiger partial charge on any atom is 0.140 e. The van der Waals surface area contributed by atoms with Gasteiger partial charge < -0.3 is 9.84 Å². The molecule has 5 heteroatoms. The molecule has 1 rings (SSSR count). The van der Waals surface area contributed by atoms with Crippen LogP contribution in [0.15, 0.2) is 0 Å². The molecule has 0 bridgehead atoms. The van der Waals surface area contributed by atoms with Gasteiger partial charge in [-0.2, -0.15) is 0 Å². The topological polar surface area (TPSA) is 29.5 Å².